The maximum absolute atomic E-state index is 14.4. The molecule has 4 nitrogen and oxygen atoms in total. The number of methoxy groups -OCH3 is 1. The molecule has 0 radical (unpaired) electrons. The second kappa shape index (κ2) is 11.1. The molecule has 0 fully saturated rings. The van der Waals surface area contributed by atoms with Gasteiger partial charge >= 0.3 is 0 Å². The van der Waals surface area contributed by atoms with E-state index in [1.54, 1.807) is 25.3 Å². The van der Waals surface area contributed by atoms with Gasteiger partial charge in [0.1, 0.15) is 17.3 Å². The van der Waals surface area contributed by atoms with Gasteiger partial charge in [0.2, 0.25) is 0 Å². The second-order valence-electron chi connectivity index (χ2n) is 7.45. The molecule has 0 aromatic heterocycles. The predicted octanol–water partition coefficient (Wildman–Crippen LogP) is 6.22. The van der Waals surface area contributed by atoms with Crippen molar-refractivity contribution in [3.05, 3.63) is 89.0 Å². The van der Waals surface area contributed by atoms with E-state index < -0.39 is 11.6 Å². The molecule has 3 aromatic carbocycles. The van der Waals surface area contributed by atoms with E-state index in [1.165, 1.54) is 23.9 Å². The Labute approximate surface area is 191 Å². The molecule has 32 heavy (non-hydrogen) atoms. The lowest BCUT2D eigenvalue weighted by Gasteiger charge is -2.26. The predicted molar refractivity (Wildman–Crippen MR) is 126 cm³/mol. The van der Waals surface area contributed by atoms with Gasteiger partial charge in [0.05, 0.1) is 6.61 Å². The average Bonchev–Trinajstić information content (AvgIpc) is 2.74. The number of aryl methyl sites for hydroxylation is 2. The van der Waals surface area contributed by atoms with Gasteiger partial charge in [-0.05, 0) is 55.3 Å². The number of rotatable bonds is 7. The fourth-order valence-electron chi connectivity index (χ4n) is 3.16. The number of hydrogen-bond acceptors (Lipinski definition) is 4. The normalized spacial score (nSPS) is 11.6. The van der Waals surface area contributed by atoms with Gasteiger partial charge < -0.3 is 14.7 Å². The van der Waals surface area contributed by atoms with Crippen LogP contribution in [0.2, 0.25) is 0 Å². The van der Waals surface area contributed by atoms with Crippen LogP contribution in [0.3, 0.4) is 0 Å². The summed E-state index contributed by atoms with van der Waals surface area (Å²) in [5.74, 6) is -1.21. The molecule has 0 spiro atoms. The molecule has 0 heterocycles. The van der Waals surface area contributed by atoms with Crippen LogP contribution < -0.4 is 0 Å². The molecule has 0 saturated heterocycles. The highest BCUT2D eigenvalue weighted by molar-refractivity contribution is 8.13. The van der Waals surface area contributed by atoms with Crippen molar-refractivity contribution in [2.24, 2.45) is 4.99 Å². The van der Waals surface area contributed by atoms with Crippen molar-refractivity contribution in [1.29, 1.82) is 0 Å². The third kappa shape index (κ3) is 6.55. The Bertz CT molecular complexity index is 1110. The Kier molecular flexibility index (Phi) is 8.25. The summed E-state index contributed by atoms with van der Waals surface area (Å²) in [4.78, 5) is 7.52. The molecule has 0 bridgehead atoms. The van der Waals surface area contributed by atoms with Crippen molar-refractivity contribution in [2.45, 2.75) is 25.3 Å². The summed E-state index contributed by atoms with van der Waals surface area (Å²) in [6.45, 7) is 5.39. The number of benzene rings is 3. The van der Waals surface area contributed by atoms with Crippen LogP contribution in [0.1, 0.15) is 16.7 Å². The minimum atomic E-state index is -0.729. The molecule has 0 saturated carbocycles. The fourth-order valence-corrected chi connectivity index (χ4v) is 4.15. The zero-order valence-electron chi connectivity index (χ0n) is 18.3. The first kappa shape index (κ1) is 23.8. The molecule has 1 N–H and O–H groups in total. The highest BCUT2D eigenvalue weighted by Crippen LogP contribution is 2.30. The molecule has 0 aliphatic carbocycles. The lowest BCUT2D eigenvalue weighted by Crippen LogP contribution is -2.31. The van der Waals surface area contributed by atoms with Gasteiger partial charge in [-0.3, -0.25) is 0 Å². The molecule has 3 aromatic rings. The SMILES string of the molecule is COCCN(Cc1cccc(O)c1)C(=Nc1ccc(F)cc1F)Sc1ccc(C)cc1C. The second-order valence-corrected chi connectivity index (χ2v) is 8.45. The van der Waals surface area contributed by atoms with Crippen molar-refractivity contribution < 1.29 is 18.6 Å². The van der Waals surface area contributed by atoms with Gasteiger partial charge in [-0.25, -0.2) is 13.8 Å². The highest BCUT2D eigenvalue weighted by Gasteiger charge is 2.17. The zero-order valence-corrected chi connectivity index (χ0v) is 19.1. The van der Waals surface area contributed by atoms with E-state index in [1.807, 2.05) is 36.9 Å². The molecular formula is C25H26F2N2O2S. The first-order valence-electron chi connectivity index (χ1n) is 10.2. The Morgan fingerprint density at radius 2 is 1.88 bits per heavy atom. The van der Waals surface area contributed by atoms with Crippen molar-refractivity contribution in [1.82, 2.24) is 4.90 Å². The van der Waals surface area contributed by atoms with Crippen LogP contribution in [0, 0.1) is 25.5 Å². The minimum Gasteiger partial charge on any atom is -0.508 e. The van der Waals surface area contributed by atoms with Gasteiger partial charge in [0.15, 0.2) is 11.0 Å². The number of hydrogen-bond donors (Lipinski definition) is 1. The maximum Gasteiger partial charge on any atom is 0.169 e. The van der Waals surface area contributed by atoms with E-state index in [0.29, 0.717) is 24.9 Å². The molecule has 0 aliphatic heterocycles. The van der Waals surface area contributed by atoms with Crippen LogP contribution >= 0.6 is 11.8 Å². The molecule has 7 heteroatoms. The molecule has 3 rings (SSSR count). The number of phenols is 1. The Morgan fingerprint density at radius 3 is 2.56 bits per heavy atom. The standard InChI is InChI=1S/C25H26F2N2O2S/c1-17-7-10-24(18(2)13-17)32-25(28-23-9-8-20(26)15-22(23)27)29(11-12-31-3)16-19-5-4-6-21(30)14-19/h4-10,13-15,30H,11-12,16H2,1-3H3. The lowest BCUT2D eigenvalue weighted by molar-refractivity contribution is 0.175. The number of halogens is 2. The van der Waals surface area contributed by atoms with Crippen LogP contribution in [-0.4, -0.2) is 35.4 Å². The van der Waals surface area contributed by atoms with E-state index in [2.05, 4.69) is 11.1 Å². The van der Waals surface area contributed by atoms with Crippen LogP contribution in [0.25, 0.3) is 0 Å². The van der Waals surface area contributed by atoms with Gasteiger partial charge in [0.25, 0.3) is 0 Å². The van der Waals surface area contributed by atoms with Crippen molar-refractivity contribution in [3.63, 3.8) is 0 Å². The largest absolute Gasteiger partial charge is 0.508 e. The van der Waals surface area contributed by atoms with E-state index in [4.69, 9.17) is 4.74 Å². The summed E-state index contributed by atoms with van der Waals surface area (Å²) in [6.07, 6.45) is 0. The fraction of sp³-hybridized carbons (Fsp3) is 0.240. The van der Waals surface area contributed by atoms with E-state index in [9.17, 15) is 13.9 Å². The Hall–Kier alpha value is -2.90. The van der Waals surface area contributed by atoms with E-state index >= 15 is 0 Å². The maximum atomic E-state index is 14.4. The topological polar surface area (TPSA) is 45.1 Å². The Balaban J connectivity index is 2.04. The number of ether oxygens (including phenoxy) is 1. The van der Waals surface area contributed by atoms with Crippen LogP contribution in [0.5, 0.6) is 5.75 Å². The lowest BCUT2D eigenvalue weighted by atomic mass is 10.2. The van der Waals surface area contributed by atoms with Crippen molar-refractivity contribution in [3.8, 4) is 5.75 Å². The van der Waals surface area contributed by atoms with E-state index in [0.717, 1.165) is 27.7 Å². The smallest absolute Gasteiger partial charge is 0.169 e. The number of aliphatic imine (C=N–C) groups is 1. The summed E-state index contributed by atoms with van der Waals surface area (Å²) in [7, 11) is 1.61. The first-order valence-corrected chi connectivity index (χ1v) is 11.0. The third-order valence-corrected chi connectivity index (χ3v) is 5.99. The van der Waals surface area contributed by atoms with Crippen LogP contribution in [0.4, 0.5) is 14.5 Å². The number of aromatic hydroxyl groups is 1. The molecule has 168 valence electrons. The number of thioether (sulfide) groups is 1. The van der Waals surface area contributed by atoms with Crippen LogP contribution in [-0.2, 0) is 11.3 Å². The Morgan fingerprint density at radius 1 is 1.06 bits per heavy atom. The molecule has 0 aliphatic rings. The van der Waals surface area contributed by atoms with Crippen molar-refractivity contribution >= 4 is 22.6 Å². The molecule has 0 unspecified atom stereocenters. The number of phenolic OH excluding ortho intramolecular Hbond substituents is 1. The van der Waals surface area contributed by atoms with E-state index in [-0.39, 0.29) is 11.4 Å². The number of amidine groups is 1. The van der Waals surface area contributed by atoms with Gasteiger partial charge in [-0.2, -0.15) is 0 Å². The van der Waals surface area contributed by atoms with Crippen molar-refractivity contribution in [2.75, 3.05) is 20.3 Å². The monoisotopic (exact) mass is 456 g/mol. The first-order chi connectivity index (χ1) is 15.4. The average molecular weight is 457 g/mol. The van der Waals surface area contributed by atoms with Gasteiger partial charge in [-0.1, -0.05) is 41.6 Å². The third-order valence-electron chi connectivity index (χ3n) is 4.78. The summed E-state index contributed by atoms with van der Waals surface area (Å²) < 4.78 is 33.2. The number of nitrogens with zero attached hydrogens (tertiary/aromatic N) is 2. The van der Waals surface area contributed by atoms with Gasteiger partial charge in [0, 0.05) is 31.2 Å². The zero-order chi connectivity index (χ0) is 23.1. The van der Waals surface area contributed by atoms with Crippen LogP contribution in [0.15, 0.2) is 70.6 Å². The highest BCUT2D eigenvalue weighted by atomic mass is 32.2. The summed E-state index contributed by atoms with van der Waals surface area (Å²) >= 11 is 1.41. The summed E-state index contributed by atoms with van der Waals surface area (Å²) in [6, 6.07) is 16.4. The molecule has 0 atom stereocenters. The summed E-state index contributed by atoms with van der Waals surface area (Å²) in [5, 5.41) is 10.4. The quantitative estimate of drug-likeness (QED) is 0.261. The molecule has 0 amide bonds. The van der Waals surface area contributed by atoms with Gasteiger partial charge in [-0.15, -0.1) is 0 Å². The summed E-state index contributed by atoms with van der Waals surface area (Å²) in [5.41, 5.74) is 3.14. The minimum absolute atomic E-state index is 0.0528. The molecular weight excluding hydrogens is 430 g/mol.